The van der Waals surface area contributed by atoms with Crippen molar-refractivity contribution in [1.29, 1.82) is 0 Å². The molecule has 0 amide bonds. The lowest BCUT2D eigenvalue weighted by atomic mass is 9.75. The third-order valence-corrected chi connectivity index (χ3v) is 9.10. The highest BCUT2D eigenvalue weighted by atomic mass is 127. The summed E-state index contributed by atoms with van der Waals surface area (Å²) in [4.78, 5) is 20.0. The Morgan fingerprint density at radius 3 is 2.79 bits per heavy atom. The molecule has 9 nitrogen and oxygen atoms in total. The van der Waals surface area contributed by atoms with Gasteiger partial charge in [-0.25, -0.2) is 9.97 Å². The number of nitrogens with zero attached hydrogens (tertiary/aromatic N) is 4. The van der Waals surface area contributed by atoms with Crippen LogP contribution in [0.5, 0.6) is 6.01 Å². The minimum absolute atomic E-state index is 0.0852. The van der Waals surface area contributed by atoms with Gasteiger partial charge in [0.15, 0.2) is 0 Å². The first kappa shape index (κ1) is 24.3. The van der Waals surface area contributed by atoms with Gasteiger partial charge in [-0.3, -0.25) is 0 Å². The molecule has 1 spiro atoms. The fraction of sp³-hybridized carbons (Fsp3) is 0.500. The van der Waals surface area contributed by atoms with Gasteiger partial charge >= 0.3 is 0 Å². The van der Waals surface area contributed by atoms with E-state index < -0.39 is 0 Å². The minimum Gasteiger partial charge on any atom is -0.462 e. The highest BCUT2D eigenvalue weighted by Gasteiger charge is 2.48. The van der Waals surface area contributed by atoms with E-state index >= 15 is 0 Å². The van der Waals surface area contributed by atoms with Crippen molar-refractivity contribution in [3.63, 3.8) is 0 Å². The number of benzene rings is 1. The first-order chi connectivity index (χ1) is 16.5. The highest BCUT2D eigenvalue weighted by Crippen LogP contribution is 2.43. The van der Waals surface area contributed by atoms with Gasteiger partial charge in [-0.1, -0.05) is 23.4 Å². The molecule has 0 saturated carbocycles. The Hall–Kier alpha value is -1.38. The largest absolute Gasteiger partial charge is 0.462 e. The van der Waals surface area contributed by atoms with E-state index in [-0.39, 0.29) is 15.6 Å². The summed E-state index contributed by atoms with van der Waals surface area (Å²) in [6.07, 6.45) is 5.62. The second-order valence-corrected chi connectivity index (χ2v) is 11.2. The summed E-state index contributed by atoms with van der Waals surface area (Å²) >= 11 is 10.4. The molecule has 2 aliphatic rings. The molecule has 0 radical (unpaired) electrons. The van der Waals surface area contributed by atoms with Crippen molar-refractivity contribution in [2.24, 2.45) is 11.1 Å². The fourth-order valence-electron chi connectivity index (χ4n) is 4.39. The third kappa shape index (κ3) is 4.82. The summed E-state index contributed by atoms with van der Waals surface area (Å²) in [5, 5.41) is 1.32. The maximum Gasteiger partial charge on any atom is 0.294 e. The maximum absolute atomic E-state index is 6.64. The predicted molar refractivity (Wildman–Crippen MR) is 140 cm³/mol. The number of H-pyrrole nitrogens is 1. The van der Waals surface area contributed by atoms with Crippen molar-refractivity contribution in [1.82, 2.24) is 19.9 Å². The number of halogens is 2. The summed E-state index contributed by atoms with van der Waals surface area (Å²) < 4.78 is 16.5. The minimum atomic E-state index is 0.0852. The molecule has 2 aromatic heterocycles. The number of aromatic nitrogens is 4. The van der Waals surface area contributed by atoms with Gasteiger partial charge in [0.2, 0.25) is 0 Å². The molecule has 5 rings (SSSR count). The first-order valence-corrected chi connectivity index (χ1v) is 13.5. The van der Waals surface area contributed by atoms with Gasteiger partial charge in [0, 0.05) is 36.6 Å². The number of ether oxygens (including phenoxy) is 3. The molecule has 34 heavy (non-hydrogen) atoms. The molecular weight excluding hydrogens is 591 g/mol. The third-order valence-electron chi connectivity index (χ3n) is 6.49. The van der Waals surface area contributed by atoms with Crippen LogP contribution in [-0.4, -0.2) is 70.1 Å². The Labute approximate surface area is 220 Å². The number of aromatic amines is 1. The summed E-state index contributed by atoms with van der Waals surface area (Å²) in [7, 11) is 1.63. The zero-order valence-corrected chi connectivity index (χ0v) is 22.4. The lowest BCUT2D eigenvalue weighted by Gasteiger charge is -2.41. The SMILES string of the molecule is COCCOc1nc2c(Cl)c(Sc3cnc(N4CCC5(CC4)CO[C@@H](I)[C@H]5N)cn3)ccc2[nH]1. The van der Waals surface area contributed by atoms with E-state index in [0.29, 0.717) is 29.8 Å². The number of imidazole rings is 1. The van der Waals surface area contributed by atoms with Crippen LogP contribution >= 0.6 is 46.0 Å². The molecule has 2 fully saturated rings. The molecule has 0 aliphatic carbocycles. The number of anilines is 1. The molecule has 2 saturated heterocycles. The number of piperidine rings is 1. The topological polar surface area (TPSA) is 111 Å². The Morgan fingerprint density at radius 1 is 1.29 bits per heavy atom. The fourth-order valence-corrected chi connectivity index (χ4v) is 6.41. The number of rotatable bonds is 7. The smallest absolute Gasteiger partial charge is 0.294 e. The van der Waals surface area contributed by atoms with Crippen LogP contribution in [0.15, 0.2) is 34.4 Å². The van der Waals surface area contributed by atoms with Crippen molar-refractivity contribution in [2.75, 3.05) is 44.9 Å². The highest BCUT2D eigenvalue weighted by molar-refractivity contribution is 14.1. The van der Waals surface area contributed by atoms with Crippen LogP contribution < -0.4 is 15.4 Å². The molecule has 1 aromatic carbocycles. The van der Waals surface area contributed by atoms with Crippen molar-refractivity contribution in [3.8, 4) is 6.01 Å². The van der Waals surface area contributed by atoms with Crippen LogP contribution in [-0.2, 0) is 9.47 Å². The average molecular weight is 617 g/mol. The summed E-state index contributed by atoms with van der Waals surface area (Å²) in [6, 6.07) is 4.38. The van der Waals surface area contributed by atoms with E-state index in [2.05, 4.69) is 47.4 Å². The first-order valence-electron chi connectivity index (χ1n) is 11.1. The molecule has 0 bridgehead atoms. The predicted octanol–water partition coefficient (Wildman–Crippen LogP) is 3.89. The normalized spacial score (nSPS) is 22.1. The van der Waals surface area contributed by atoms with Crippen LogP contribution in [0.3, 0.4) is 0 Å². The molecule has 182 valence electrons. The average Bonchev–Trinajstić information content (AvgIpc) is 3.39. The van der Waals surface area contributed by atoms with Crippen LogP contribution in [0.1, 0.15) is 12.8 Å². The molecule has 4 heterocycles. The number of nitrogens with two attached hydrogens (primary N) is 1. The van der Waals surface area contributed by atoms with Crippen LogP contribution in [0.4, 0.5) is 5.82 Å². The molecule has 3 N–H and O–H groups in total. The summed E-state index contributed by atoms with van der Waals surface area (Å²) in [5.41, 5.74) is 7.99. The Bertz CT molecular complexity index is 1140. The van der Waals surface area contributed by atoms with Gasteiger partial charge in [-0.05, 0) is 47.6 Å². The second kappa shape index (κ2) is 10.3. The molecular formula is C22H26ClIN6O3S. The van der Waals surface area contributed by atoms with Crippen molar-refractivity contribution in [3.05, 3.63) is 29.5 Å². The number of alkyl halides is 1. The van der Waals surface area contributed by atoms with Gasteiger partial charge in [-0.2, -0.15) is 4.98 Å². The van der Waals surface area contributed by atoms with Gasteiger partial charge in [0.1, 0.15) is 27.1 Å². The monoisotopic (exact) mass is 616 g/mol. The van der Waals surface area contributed by atoms with Crippen LogP contribution in [0.25, 0.3) is 11.0 Å². The maximum atomic E-state index is 6.64. The van der Waals surface area contributed by atoms with Crippen LogP contribution in [0, 0.1) is 5.41 Å². The van der Waals surface area contributed by atoms with E-state index in [4.69, 9.17) is 31.5 Å². The Morgan fingerprint density at radius 2 is 2.12 bits per heavy atom. The summed E-state index contributed by atoms with van der Waals surface area (Å²) in [6.45, 7) is 3.45. The van der Waals surface area contributed by atoms with Gasteiger partial charge < -0.3 is 29.8 Å². The van der Waals surface area contributed by atoms with E-state index in [1.165, 1.54) is 11.8 Å². The standard InChI is InChI=1S/C22H26ClIN6O3S/c1-31-8-9-32-21-28-13-2-3-14(17(23)18(13)29-21)34-16-11-26-15(10-27-16)30-6-4-22(5-7-30)12-33-20(24)19(22)25/h2-3,10-11,19-20H,4-9,12,25H2,1H3,(H,28,29)/t19-,20-/m1/s1. The number of nitrogens with one attached hydrogen (secondary N) is 1. The lowest BCUT2D eigenvalue weighted by Crippen LogP contribution is -2.50. The number of fused-ring (bicyclic) bond motifs is 1. The number of hydrogen-bond donors (Lipinski definition) is 2. The second-order valence-electron chi connectivity index (χ2n) is 8.51. The molecule has 2 atom stereocenters. The number of hydrogen-bond acceptors (Lipinski definition) is 9. The molecule has 2 aliphatic heterocycles. The zero-order chi connectivity index (χ0) is 23.7. The molecule has 3 aromatic rings. The van der Waals surface area contributed by atoms with E-state index in [1.54, 1.807) is 13.3 Å². The van der Waals surface area contributed by atoms with Crippen molar-refractivity contribution < 1.29 is 14.2 Å². The quantitative estimate of drug-likeness (QED) is 0.232. The van der Waals surface area contributed by atoms with E-state index in [1.807, 2.05) is 18.3 Å². The lowest BCUT2D eigenvalue weighted by molar-refractivity contribution is 0.127. The molecule has 0 unspecified atom stereocenters. The zero-order valence-electron chi connectivity index (χ0n) is 18.7. The number of methoxy groups -OCH3 is 1. The summed E-state index contributed by atoms with van der Waals surface area (Å²) in [5.74, 6) is 0.879. The van der Waals surface area contributed by atoms with Crippen molar-refractivity contribution in [2.45, 2.75) is 32.9 Å². The van der Waals surface area contributed by atoms with Gasteiger partial charge in [-0.15, -0.1) is 0 Å². The Kier molecular flexibility index (Phi) is 7.38. The van der Waals surface area contributed by atoms with Gasteiger partial charge in [0.05, 0.1) is 36.1 Å². The Balaban J connectivity index is 1.23. The van der Waals surface area contributed by atoms with Crippen LogP contribution in [0.2, 0.25) is 5.02 Å². The van der Waals surface area contributed by atoms with Crippen molar-refractivity contribution >= 4 is 62.8 Å². The molecule has 12 heteroatoms. The van der Waals surface area contributed by atoms with E-state index in [0.717, 1.165) is 53.8 Å². The van der Waals surface area contributed by atoms with E-state index in [9.17, 15) is 0 Å². The van der Waals surface area contributed by atoms with Gasteiger partial charge in [0.25, 0.3) is 6.01 Å².